The summed E-state index contributed by atoms with van der Waals surface area (Å²) >= 11 is 0. The number of amides is 1. The van der Waals surface area contributed by atoms with Crippen LogP contribution in [0.25, 0.3) is 23.0 Å². The van der Waals surface area contributed by atoms with Gasteiger partial charge in [0.2, 0.25) is 11.7 Å². The molecule has 2 aromatic carbocycles. The topological polar surface area (TPSA) is 90.0 Å². The lowest BCUT2D eigenvalue weighted by atomic mass is 10.2. The molecule has 0 aliphatic carbocycles. The van der Waals surface area contributed by atoms with Gasteiger partial charge < -0.3 is 9.84 Å². The molecule has 0 bridgehead atoms. The van der Waals surface area contributed by atoms with E-state index >= 15 is 0 Å². The molecule has 0 unspecified atom stereocenters. The molecular weight excluding hydrogens is 375 g/mol. The maximum Gasteiger partial charge on any atom is 0.274 e. The number of para-hydroxylation sites is 1. The van der Waals surface area contributed by atoms with Gasteiger partial charge in [0.15, 0.2) is 0 Å². The molecule has 0 saturated heterocycles. The third-order valence-corrected chi connectivity index (χ3v) is 4.17. The molecule has 0 saturated carbocycles. The van der Waals surface area contributed by atoms with Crippen molar-refractivity contribution >= 4 is 11.6 Å². The van der Waals surface area contributed by atoms with Crippen LogP contribution in [-0.2, 0) is 11.3 Å². The summed E-state index contributed by atoms with van der Waals surface area (Å²) in [6, 6.07) is 19.3. The Balaban J connectivity index is 1.64. The minimum Gasteiger partial charge on any atom is -0.332 e. The van der Waals surface area contributed by atoms with Gasteiger partial charge in [-0.1, -0.05) is 41.6 Å². The molecule has 0 atom stereocenters. The van der Waals surface area contributed by atoms with Gasteiger partial charge in [0.05, 0.1) is 5.56 Å². The quantitative estimate of drug-likeness (QED) is 0.564. The molecule has 0 radical (unpaired) electrons. The SMILES string of the molecule is O=C(Cn1c(-c2nc(-c3ccccc3F)no2)cccc1=O)Nc1ccccc1. The van der Waals surface area contributed by atoms with Gasteiger partial charge in [-0.05, 0) is 30.3 Å². The Kier molecular flexibility index (Phi) is 4.98. The molecule has 29 heavy (non-hydrogen) atoms. The highest BCUT2D eigenvalue weighted by atomic mass is 19.1. The Morgan fingerprint density at radius 2 is 1.76 bits per heavy atom. The number of carbonyl (C=O) groups excluding carboxylic acids is 1. The molecule has 2 heterocycles. The normalized spacial score (nSPS) is 10.7. The van der Waals surface area contributed by atoms with Crippen molar-refractivity contribution < 1.29 is 13.7 Å². The molecule has 1 amide bonds. The number of anilines is 1. The predicted molar refractivity (Wildman–Crippen MR) is 104 cm³/mol. The largest absolute Gasteiger partial charge is 0.332 e. The van der Waals surface area contributed by atoms with E-state index in [0.717, 1.165) is 0 Å². The average Bonchev–Trinajstić information content (AvgIpc) is 3.20. The first-order chi connectivity index (χ1) is 14.1. The second-order valence-electron chi connectivity index (χ2n) is 6.15. The summed E-state index contributed by atoms with van der Waals surface area (Å²) in [5, 5.41) is 6.52. The second kappa shape index (κ2) is 7.89. The van der Waals surface area contributed by atoms with Crippen molar-refractivity contribution in [3.05, 3.63) is 89.0 Å². The summed E-state index contributed by atoms with van der Waals surface area (Å²) in [4.78, 5) is 29.0. The number of hydrogen-bond donors (Lipinski definition) is 1. The van der Waals surface area contributed by atoms with Crippen LogP contribution in [0, 0.1) is 5.82 Å². The van der Waals surface area contributed by atoms with E-state index in [9.17, 15) is 14.0 Å². The van der Waals surface area contributed by atoms with Crippen LogP contribution in [0.5, 0.6) is 0 Å². The molecule has 0 aliphatic rings. The highest BCUT2D eigenvalue weighted by molar-refractivity contribution is 5.90. The van der Waals surface area contributed by atoms with Crippen LogP contribution in [0.3, 0.4) is 0 Å². The highest BCUT2D eigenvalue weighted by Crippen LogP contribution is 2.23. The van der Waals surface area contributed by atoms with Crippen molar-refractivity contribution in [2.24, 2.45) is 0 Å². The molecule has 2 aromatic heterocycles. The molecule has 7 nitrogen and oxygen atoms in total. The molecule has 8 heteroatoms. The van der Waals surface area contributed by atoms with E-state index in [4.69, 9.17) is 4.52 Å². The van der Waals surface area contributed by atoms with E-state index in [-0.39, 0.29) is 35.4 Å². The fraction of sp³-hybridized carbons (Fsp3) is 0.0476. The Bertz CT molecular complexity index is 1220. The smallest absolute Gasteiger partial charge is 0.274 e. The van der Waals surface area contributed by atoms with Crippen LogP contribution in [0.4, 0.5) is 10.1 Å². The number of rotatable bonds is 5. The van der Waals surface area contributed by atoms with Crippen LogP contribution >= 0.6 is 0 Å². The van der Waals surface area contributed by atoms with Crippen molar-refractivity contribution in [3.63, 3.8) is 0 Å². The highest BCUT2D eigenvalue weighted by Gasteiger charge is 2.18. The monoisotopic (exact) mass is 390 g/mol. The first-order valence-electron chi connectivity index (χ1n) is 8.75. The Hall–Kier alpha value is -4.07. The van der Waals surface area contributed by atoms with E-state index in [1.165, 1.54) is 28.8 Å². The maximum absolute atomic E-state index is 14.0. The van der Waals surface area contributed by atoms with Gasteiger partial charge in [-0.2, -0.15) is 4.98 Å². The number of carbonyl (C=O) groups is 1. The third kappa shape index (κ3) is 3.96. The van der Waals surface area contributed by atoms with Crippen molar-refractivity contribution in [1.82, 2.24) is 14.7 Å². The lowest BCUT2D eigenvalue weighted by Gasteiger charge is -2.10. The summed E-state index contributed by atoms with van der Waals surface area (Å²) in [5.41, 5.74) is 0.643. The zero-order valence-corrected chi connectivity index (χ0v) is 15.1. The zero-order valence-electron chi connectivity index (χ0n) is 15.1. The zero-order chi connectivity index (χ0) is 20.2. The van der Waals surface area contributed by atoms with Gasteiger partial charge in [0, 0.05) is 11.8 Å². The van der Waals surface area contributed by atoms with Crippen LogP contribution in [-0.4, -0.2) is 20.6 Å². The molecule has 4 aromatic rings. The van der Waals surface area contributed by atoms with E-state index in [1.54, 1.807) is 42.5 Å². The minimum atomic E-state index is -0.493. The number of aromatic nitrogens is 3. The molecule has 0 spiro atoms. The van der Waals surface area contributed by atoms with Crippen molar-refractivity contribution in [1.29, 1.82) is 0 Å². The van der Waals surface area contributed by atoms with E-state index < -0.39 is 11.4 Å². The molecule has 4 rings (SSSR count). The number of pyridine rings is 1. The average molecular weight is 390 g/mol. The van der Waals surface area contributed by atoms with Crippen molar-refractivity contribution in [2.75, 3.05) is 5.32 Å². The van der Waals surface area contributed by atoms with Gasteiger partial charge >= 0.3 is 0 Å². The standard InChI is InChI=1S/C21H15FN4O3/c22-16-10-5-4-9-15(16)20-24-21(29-25-20)17-11-6-12-19(28)26(17)13-18(27)23-14-7-2-1-3-8-14/h1-12H,13H2,(H,23,27). The summed E-state index contributed by atoms with van der Waals surface area (Å²) < 4.78 is 20.4. The van der Waals surface area contributed by atoms with E-state index in [2.05, 4.69) is 15.5 Å². The Morgan fingerprint density at radius 3 is 2.55 bits per heavy atom. The molecule has 1 N–H and O–H groups in total. The third-order valence-electron chi connectivity index (χ3n) is 4.17. The van der Waals surface area contributed by atoms with Gasteiger partial charge in [0.1, 0.15) is 18.1 Å². The number of benzene rings is 2. The number of halogens is 1. The number of nitrogens with zero attached hydrogens (tertiary/aromatic N) is 3. The maximum atomic E-state index is 14.0. The fourth-order valence-electron chi connectivity index (χ4n) is 2.82. The van der Waals surface area contributed by atoms with Crippen LogP contribution in [0.15, 0.2) is 82.1 Å². The lowest BCUT2D eigenvalue weighted by Crippen LogP contribution is -2.28. The summed E-state index contributed by atoms with van der Waals surface area (Å²) in [7, 11) is 0. The first kappa shape index (κ1) is 18.3. The number of nitrogens with one attached hydrogen (secondary N) is 1. The lowest BCUT2D eigenvalue weighted by molar-refractivity contribution is -0.116. The first-order valence-corrected chi connectivity index (χ1v) is 8.75. The van der Waals surface area contributed by atoms with E-state index in [1.807, 2.05) is 6.07 Å². The molecule has 0 fully saturated rings. The molecular formula is C21H15FN4O3. The van der Waals surface area contributed by atoms with Gasteiger partial charge in [-0.3, -0.25) is 14.2 Å². The van der Waals surface area contributed by atoms with Crippen LogP contribution in [0.2, 0.25) is 0 Å². The van der Waals surface area contributed by atoms with Crippen molar-refractivity contribution in [2.45, 2.75) is 6.54 Å². The van der Waals surface area contributed by atoms with Gasteiger partial charge in [-0.25, -0.2) is 4.39 Å². The van der Waals surface area contributed by atoms with Crippen LogP contribution in [0.1, 0.15) is 0 Å². The van der Waals surface area contributed by atoms with Crippen molar-refractivity contribution in [3.8, 4) is 23.0 Å². The van der Waals surface area contributed by atoms with Crippen LogP contribution < -0.4 is 10.9 Å². The second-order valence-corrected chi connectivity index (χ2v) is 6.15. The van der Waals surface area contributed by atoms with Gasteiger partial charge in [0.25, 0.3) is 11.4 Å². The summed E-state index contributed by atoms with van der Waals surface area (Å²) in [5.74, 6) is -0.824. The van der Waals surface area contributed by atoms with Gasteiger partial charge in [-0.15, -0.1) is 0 Å². The number of hydrogen-bond acceptors (Lipinski definition) is 5. The Morgan fingerprint density at radius 1 is 1.00 bits per heavy atom. The van der Waals surface area contributed by atoms with E-state index in [0.29, 0.717) is 5.69 Å². The fourth-order valence-corrected chi connectivity index (χ4v) is 2.82. The summed E-state index contributed by atoms with van der Waals surface area (Å²) in [6.07, 6.45) is 0. The molecule has 0 aliphatic heterocycles. The minimum absolute atomic E-state index is 0.00784. The molecule has 144 valence electrons. The summed E-state index contributed by atoms with van der Waals surface area (Å²) in [6.45, 7) is -0.249. The Labute approximate surface area is 164 Å². The predicted octanol–water partition coefficient (Wildman–Crippen LogP) is 3.34.